The molecule has 3 rings (SSSR count). The molecule has 1 aromatic rings. The Morgan fingerprint density at radius 3 is 3.05 bits per heavy atom. The van der Waals surface area contributed by atoms with Gasteiger partial charge in [0, 0.05) is 25.7 Å². The molecule has 20 heavy (non-hydrogen) atoms. The Kier molecular flexibility index (Phi) is 3.98. The van der Waals surface area contributed by atoms with Crippen molar-refractivity contribution in [2.45, 2.75) is 31.5 Å². The van der Waals surface area contributed by atoms with Gasteiger partial charge in [0.25, 0.3) is 5.91 Å². The number of amides is 1. The first-order chi connectivity index (χ1) is 9.70. The first kappa shape index (κ1) is 13.5. The minimum absolute atomic E-state index is 0.0172. The second-order valence-corrected chi connectivity index (χ2v) is 5.51. The van der Waals surface area contributed by atoms with E-state index in [9.17, 15) is 9.18 Å². The lowest BCUT2D eigenvalue weighted by Gasteiger charge is -2.32. The third-order valence-corrected chi connectivity index (χ3v) is 3.66. The molecule has 0 bridgehead atoms. The molecule has 1 aromatic carbocycles. The minimum atomic E-state index is -0.405. The van der Waals surface area contributed by atoms with Gasteiger partial charge in [0.2, 0.25) is 0 Å². The van der Waals surface area contributed by atoms with Crippen molar-refractivity contribution in [3.8, 4) is 0 Å². The molecule has 2 aliphatic rings. The molecule has 1 saturated heterocycles. The highest BCUT2D eigenvalue weighted by molar-refractivity contribution is 5.81. The van der Waals surface area contributed by atoms with Crippen molar-refractivity contribution in [3.05, 3.63) is 35.6 Å². The van der Waals surface area contributed by atoms with Crippen molar-refractivity contribution in [1.82, 2.24) is 10.2 Å². The van der Waals surface area contributed by atoms with Crippen LogP contribution in [-0.2, 0) is 16.1 Å². The Labute approximate surface area is 117 Å². The molecule has 1 N–H and O–H groups in total. The average Bonchev–Trinajstić information content (AvgIpc) is 3.23. The van der Waals surface area contributed by atoms with Gasteiger partial charge < -0.3 is 10.1 Å². The van der Waals surface area contributed by atoms with E-state index in [1.807, 2.05) is 6.07 Å². The minimum Gasteiger partial charge on any atom is -0.366 e. The average molecular weight is 278 g/mol. The first-order valence-corrected chi connectivity index (χ1v) is 7.09. The van der Waals surface area contributed by atoms with Crippen molar-refractivity contribution < 1.29 is 13.9 Å². The molecule has 5 heteroatoms. The maximum absolute atomic E-state index is 13.2. The van der Waals surface area contributed by atoms with Crippen molar-refractivity contribution in [2.24, 2.45) is 0 Å². The summed E-state index contributed by atoms with van der Waals surface area (Å²) in [6.07, 6.45) is 1.75. The number of morpholine rings is 1. The molecule has 1 amide bonds. The summed E-state index contributed by atoms with van der Waals surface area (Å²) < 4.78 is 18.7. The first-order valence-electron chi connectivity index (χ1n) is 7.09. The molecule has 1 heterocycles. The molecule has 1 aliphatic heterocycles. The van der Waals surface area contributed by atoms with E-state index in [2.05, 4.69) is 10.2 Å². The molecule has 1 aliphatic carbocycles. The molecular formula is C15H19FN2O2. The van der Waals surface area contributed by atoms with Crippen LogP contribution in [0.3, 0.4) is 0 Å². The summed E-state index contributed by atoms with van der Waals surface area (Å²) >= 11 is 0. The van der Waals surface area contributed by atoms with Gasteiger partial charge in [0.15, 0.2) is 0 Å². The van der Waals surface area contributed by atoms with Gasteiger partial charge in [0.1, 0.15) is 11.9 Å². The monoisotopic (exact) mass is 278 g/mol. The Morgan fingerprint density at radius 2 is 2.30 bits per heavy atom. The normalized spacial score (nSPS) is 23.6. The largest absolute Gasteiger partial charge is 0.366 e. The lowest BCUT2D eigenvalue weighted by molar-refractivity contribution is -0.138. The number of ether oxygens (including phenoxy) is 1. The van der Waals surface area contributed by atoms with E-state index in [1.54, 1.807) is 6.07 Å². The number of rotatable bonds is 4. The van der Waals surface area contributed by atoms with Crippen molar-refractivity contribution >= 4 is 5.91 Å². The standard InChI is InChI=1S/C15H19FN2O2/c16-12-3-1-2-11(8-12)9-18-6-7-20-14(10-18)15(19)17-13-4-5-13/h1-3,8,13-14H,4-7,9-10H2,(H,17,19). The van der Waals surface area contributed by atoms with E-state index in [1.165, 1.54) is 12.1 Å². The highest BCUT2D eigenvalue weighted by Gasteiger charge is 2.31. The number of nitrogens with one attached hydrogen (secondary N) is 1. The van der Waals surface area contributed by atoms with Gasteiger partial charge in [-0.05, 0) is 30.5 Å². The molecule has 0 radical (unpaired) electrons. The Hall–Kier alpha value is -1.46. The second kappa shape index (κ2) is 5.89. The van der Waals surface area contributed by atoms with E-state index in [0.717, 1.165) is 24.9 Å². The van der Waals surface area contributed by atoms with Crippen molar-refractivity contribution in [1.29, 1.82) is 0 Å². The van der Waals surface area contributed by atoms with Gasteiger partial charge in [-0.3, -0.25) is 9.69 Å². The van der Waals surface area contributed by atoms with Crippen LogP contribution in [0.15, 0.2) is 24.3 Å². The SMILES string of the molecule is O=C(NC1CC1)C1CN(Cc2cccc(F)c2)CCO1. The Morgan fingerprint density at radius 1 is 1.45 bits per heavy atom. The number of nitrogens with zero attached hydrogens (tertiary/aromatic N) is 1. The zero-order valence-corrected chi connectivity index (χ0v) is 11.3. The summed E-state index contributed by atoms with van der Waals surface area (Å²) in [5.74, 6) is -0.241. The van der Waals surface area contributed by atoms with Gasteiger partial charge >= 0.3 is 0 Å². The number of hydrogen-bond acceptors (Lipinski definition) is 3. The molecular weight excluding hydrogens is 259 g/mol. The maximum atomic E-state index is 13.2. The fourth-order valence-electron chi connectivity index (χ4n) is 2.42. The lowest BCUT2D eigenvalue weighted by Crippen LogP contribution is -2.49. The van der Waals surface area contributed by atoms with Crippen LogP contribution in [-0.4, -0.2) is 42.6 Å². The zero-order valence-electron chi connectivity index (χ0n) is 11.3. The molecule has 1 saturated carbocycles. The number of benzene rings is 1. The number of carbonyl (C=O) groups is 1. The van der Waals surface area contributed by atoms with Gasteiger partial charge in [-0.1, -0.05) is 12.1 Å². The summed E-state index contributed by atoms with van der Waals surface area (Å²) in [5.41, 5.74) is 0.924. The van der Waals surface area contributed by atoms with Gasteiger partial charge in [0.05, 0.1) is 6.61 Å². The predicted molar refractivity (Wildman–Crippen MR) is 72.6 cm³/mol. The van der Waals surface area contributed by atoms with Crippen LogP contribution in [0, 0.1) is 5.82 Å². The van der Waals surface area contributed by atoms with Crippen LogP contribution in [0.25, 0.3) is 0 Å². The summed E-state index contributed by atoms with van der Waals surface area (Å²) in [6, 6.07) is 6.94. The summed E-state index contributed by atoms with van der Waals surface area (Å²) in [4.78, 5) is 14.1. The molecule has 108 valence electrons. The van der Waals surface area contributed by atoms with Crippen molar-refractivity contribution in [2.75, 3.05) is 19.7 Å². The smallest absolute Gasteiger partial charge is 0.250 e. The van der Waals surface area contributed by atoms with Crippen LogP contribution in [0.5, 0.6) is 0 Å². The van der Waals surface area contributed by atoms with Gasteiger partial charge in [-0.15, -0.1) is 0 Å². The molecule has 0 aromatic heterocycles. The van der Waals surface area contributed by atoms with E-state index in [4.69, 9.17) is 4.74 Å². The second-order valence-electron chi connectivity index (χ2n) is 5.51. The van der Waals surface area contributed by atoms with E-state index < -0.39 is 6.10 Å². The van der Waals surface area contributed by atoms with Crippen LogP contribution in [0.2, 0.25) is 0 Å². The number of halogens is 1. The summed E-state index contributed by atoms with van der Waals surface area (Å²) in [6.45, 7) is 2.52. The number of hydrogen-bond donors (Lipinski definition) is 1. The van der Waals surface area contributed by atoms with Crippen LogP contribution in [0.1, 0.15) is 18.4 Å². The number of carbonyl (C=O) groups excluding carboxylic acids is 1. The van der Waals surface area contributed by atoms with Crippen LogP contribution >= 0.6 is 0 Å². The maximum Gasteiger partial charge on any atom is 0.250 e. The third-order valence-electron chi connectivity index (χ3n) is 3.66. The van der Waals surface area contributed by atoms with Crippen LogP contribution in [0.4, 0.5) is 4.39 Å². The highest BCUT2D eigenvalue weighted by atomic mass is 19.1. The predicted octanol–water partition coefficient (Wildman–Crippen LogP) is 1.31. The Bertz CT molecular complexity index is 491. The quantitative estimate of drug-likeness (QED) is 0.903. The molecule has 0 spiro atoms. The van der Waals surface area contributed by atoms with Gasteiger partial charge in [-0.2, -0.15) is 0 Å². The van der Waals surface area contributed by atoms with E-state index in [-0.39, 0.29) is 11.7 Å². The highest BCUT2D eigenvalue weighted by Crippen LogP contribution is 2.19. The molecule has 2 fully saturated rings. The Balaban J connectivity index is 1.55. The van der Waals surface area contributed by atoms with E-state index in [0.29, 0.717) is 25.7 Å². The van der Waals surface area contributed by atoms with Crippen LogP contribution < -0.4 is 5.32 Å². The van der Waals surface area contributed by atoms with Crippen molar-refractivity contribution in [3.63, 3.8) is 0 Å². The summed E-state index contributed by atoms with van der Waals surface area (Å²) in [5, 5.41) is 2.97. The molecule has 1 atom stereocenters. The third kappa shape index (κ3) is 3.55. The molecule has 1 unspecified atom stereocenters. The fraction of sp³-hybridized carbons (Fsp3) is 0.533. The van der Waals surface area contributed by atoms with Gasteiger partial charge in [-0.25, -0.2) is 4.39 Å². The topological polar surface area (TPSA) is 41.6 Å². The summed E-state index contributed by atoms with van der Waals surface area (Å²) in [7, 11) is 0. The van der Waals surface area contributed by atoms with E-state index >= 15 is 0 Å². The molecule has 4 nitrogen and oxygen atoms in total. The fourth-order valence-corrected chi connectivity index (χ4v) is 2.42. The zero-order chi connectivity index (χ0) is 13.9. The lowest BCUT2D eigenvalue weighted by atomic mass is 10.2.